The largest absolute Gasteiger partial charge is 0.384 e. The minimum Gasteiger partial charge on any atom is -0.384 e. The predicted octanol–water partition coefficient (Wildman–Crippen LogP) is 0.0931. The molecule has 0 aliphatic carbocycles. The molecule has 0 atom stereocenters. The van der Waals surface area contributed by atoms with Crippen LogP contribution in [0.15, 0.2) is 12.4 Å². The Kier molecular flexibility index (Phi) is 3.19. The van der Waals surface area contributed by atoms with Gasteiger partial charge in [0.2, 0.25) is 5.91 Å². The van der Waals surface area contributed by atoms with Gasteiger partial charge in [0.1, 0.15) is 18.0 Å². The first-order valence-corrected chi connectivity index (χ1v) is 5.35. The molecule has 0 aromatic carbocycles. The molecule has 0 saturated carbocycles. The van der Waals surface area contributed by atoms with Crippen LogP contribution in [-0.2, 0) is 4.79 Å². The van der Waals surface area contributed by atoms with Gasteiger partial charge in [0.15, 0.2) is 0 Å². The van der Waals surface area contributed by atoms with Crippen molar-refractivity contribution in [1.29, 1.82) is 0 Å². The zero-order valence-corrected chi connectivity index (χ0v) is 9.02. The minimum absolute atomic E-state index is 0.106. The normalized spacial score (nSPS) is 15.1. The highest BCUT2D eigenvalue weighted by Crippen LogP contribution is 2.08. The maximum absolute atomic E-state index is 11.7. The van der Waals surface area contributed by atoms with Crippen molar-refractivity contribution in [3.05, 3.63) is 12.4 Å². The molecule has 1 saturated heterocycles. The fourth-order valence-corrected chi connectivity index (χ4v) is 1.71. The molecule has 6 heteroatoms. The molecule has 0 bridgehead atoms. The van der Waals surface area contributed by atoms with E-state index in [1.54, 1.807) is 6.07 Å². The third-order valence-corrected chi connectivity index (χ3v) is 2.57. The third kappa shape index (κ3) is 2.59. The van der Waals surface area contributed by atoms with Crippen LogP contribution in [0.4, 0.5) is 11.6 Å². The fourth-order valence-electron chi connectivity index (χ4n) is 1.71. The molecule has 0 radical (unpaired) electrons. The molecule has 1 aliphatic rings. The van der Waals surface area contributed by atoms with Gasteiger partial charge in [0, 0.05) is 19.2 Å². The minimum atomic E-state index is 0.106. The topological polar surface area (TPSA) is 84.1 Å². The lowest BCUT2D eigenvalue weighted by Gasteiger charge is -2.15. The van der Waals surface area contributed by atoms with Crippen molar-refractivity contribution in [3.63, 3.8) is 0 Å². The Labute approximate surface area is 93.9 Å². The second kappa shape index (κ2) is 4.78. The smallest absolute Gasteiger partial charge is 0.241 e. The highest BCUT2D eigenvalue weighted by Gasteiger charge is 2.17. The molecule has 0 unspecified atom stereocenters. The summed E-state index contributed by atoms with van der Waals surface area (Å²) >= 11 is 0. The number of rotatable bonds is 3. The van der Waals surface area contributed by atoms with E-state index in [1.807, 2.05) is 4.90 Å². The molecule has 16 heavy (non-hydrogen) atoms. The van der Waals surface area contributed by atoms with Gasteiger partial charge in [0.05, 0.1) is 6.54 Å². The van der Waals surface area contributed by atoms with Gasteiger partial charge in [-0.3, -0.25) is 4.79 Å². The SMILES string of the molecule is Nc1cc(NCC(=O)N2CCCC2)ncn1. The number of anilines is 2. The first-order valence-electron chi connectivity index (χ1n) is 5.35. The van der Waals surface area contributed by atoms with Crippen LogP contribution in [0.5, 0.6) is 0 Å². The van der Waals surface area contributed by atoms with Crippen molar-refractivity contribution in [1.82, 2.24) is 14.9 Å². The molecule has 6 nitrogen and oxygen atoms in total. The molecule has 1 amide bonds. The summed E-state index contributed by atoms with van der Waals surface area (Å²) in [7, 11) is 0. The van der Waals surface area contributed by atoms with Gasteiger partial charge >= 0.3 is 0 Å². The number of aromatic nitrogens is 2. The summed E-state index contributed by atoms with van der Waals surface area (Å²) in [5.41, 5.74) is 5.50. The molecular weight excluding hydrogens is 206 g/mol. The highest BCUT2D eigenvalue weighted by molar-refractivity contribution is 5.80. The van der Waals surface area contributed by atoms with E-state index in [1.165, 1.54) is 6.33 Å². The lowest BCUT2D eigenvalue weighted by atomic mass is 10.4. The maximum atomic E-state index is 11.7. The molecular formula is C10H15N5O. The average Bonchev–Trinajstić information content (AvgIpc) is 2.79. The Hall–Kier alpha value is -1.85. The predicted molar refractivity (Wildman–Crippen MR) is 60.7 cm³/mol. The number of hydrogen-bond acceptors (Lipinski definition) is 5. The van der Waals surface area contributed by atoms with Crippen molar-refractivity contribution in [3.8, 4) is 0 Å². The van der Waals surface area contributed by atoms with Crippen LogP contribution in [0.3, 0.4) is 0 Å². The molecule has 86 valence electrons. The molecule has 3 N–H and O–H groups in total. The summed E-state index contributed by atoms with van der Waals surface area (Å²) in [6, 6.07) is 1.61. The van der Waals surface area contributed by atoms with E-state index in [9.17, 15) is 4.79 Å². The summed E-state index contributed by atoms with van der Waals surface area (Å²) in [6.07, 6.45) is 3.58. The first kappa shape index (κ1) is 10.7. The number of nitrogens with zero attached hydrogens (tertiary/aromatic N) is 3. The van der Waals surface area contributed by atoms with Crippen molar-refractivity contribution in [2.45, 2.75) is 12.8 Å². The molecule has 1 aliphatic heterocycles. The zero-order chi connectivity index (χ0) is 11.4. The van der Waals surface area contributed by atoms with Crippen molar-refractivity contribution in [2.75, 3.05) is 30.7 Å². The molecule has 1 aromatic heterocycles. The van der Waals surface area contributed by atoms with Gasteiger partial charge < -0.3 is 16.0 Å². The van der Waals surface area contributed by atoms with Crippen molar-refractivity contribution >= 4 is 17.5 Å². The monoisotopic (exact) mass is 221 g/mol. The van der Waals surface area contributed by atoms with Gasteiger partial charge in [-0.05, 0) is 12.8 Å². The van der Waals surface area contributed by atoms with Crippen LogP contribution in [-0.4, -0.2) is 40.4 Å². The Morgan fingerprint density at radius 3 is 2.88 bits per heavy atom. The van der Waals surface area contributed by atoms with Crippen LogP contribution in [0.25, 0.3) is 0 Å². The van der Waals surface area contributed by atoms with Crippen LogP contribution in [0, 0.1) is 0 Å². The molecule has 0 spiro atoms. The molecule has 2 rings (SSSR count). The van der Waals surface area contributed by atoms with Gasteiger partial charge in [-0.15, -0.1) is 0 Å². The quantitative estimate of drug-likeness (QED) is 0.756. The van der Waals surface area contributed by atoms with Crippen LogP contribution < -0.4 is 11.1 Å². The molecule has 2 heterocycles. The van der Waals surface area contributed by atoms with E-state index in [2.05, 4.69) is 15.3 Å². The zero-order valence-electron chi connectivity index (χ0n) is 9.02. The van der Waals surface area contributed by atoms with Gasteiger partial charge in [0.25, 0.3) is 0 Å². The Morgan fingerprint density at radius 2 is 2.19 bits per heavy atom. The maximum Gasteiger partial charge on any atom is 0.241 e. The third-order valence-electron chi connectivity index (χ3n) is 2.57. The summed E-state index contributed by atoms with van der Waals surface area (Å²) in [4.78, 5) is 21.3. The van der Waals surface area contributed by atoms with Gasteiger partial charge in [-0.2, -0.15) is 0 Å². The Morgan fingerprint density at radius 1 is 1.44 bits per heavy atom. The first-order chi connectivity index (χ1) is 7.75. The average molecular weight is 221 g/mol. The van der Waals surface area contributed by atoms with Crippen molar-refractivity contribution < 1.29 is 4.79 Å². The van der Waals surface area contributed by atoms with Crippen molar-refractivity contribution in [2.24, 2.45) is 0 Å². The lowest BCUT2D eigenvalue weighted by molar-refractivity contribution is -0.128. The van der Waals surface area contributed by atoms with E-state index in [-0.39, 0.29) is 12.5 Å². The van der Waals surface area contributed by atoms with Gasteiger partial charge in [-0.25, -0.2) is 9.97 Å². The number of nitrogens with two attached hydrogens (primary N) is 1. The van der Waals surface area contributed by atoms with E-state index < -0.39 is 0 Å². The second-order valence-corrected chi connectivity index (χ2v) is 3.77. The summed E-state index contributed by atoms with van der Waals surface area (Å²) in [5.74, 6) is 1.08. The van der Waals surface area contributed by atoms with E-state index in [0.717, 1.165) is 25.9 Å². The van der Waals surface area contributed by atoms with Crippen LogP contribution in [0.2, 0.25) is 0 Å². The summed E-state index contributed by atoms with van der Waals surface area (Å²) < 4.78 is 0. The number of likely N-dealkylation sites (tertiary alicyclic amines) is 1. The molecule has 1 fully saturated rings. The summed E-state index contributed by atoms with van der Waals surface area (Å²) in [6.45, 7) is 2.00. The lowest BCUT2D eigenvalue weighted by Crippen LogP contribution is -2.33. The number of hydrogen-bond donors (Lipinski definition) is 2. The van der Waals surface area contributed by atoms with Gasteiger partial charge in [-0.1, -0.05) is 0 Å². The number of amides is 1. The number of nitrogen functional groups attached to an aromatic ring is 1. The van der Waals surface area contributed by atoms with E-state index in [0.29, 0.717) is 11.6 Å². The fraction of sp³-hybridized carbons (Fsp3) is 0.500. The van der Waals surface area contributed by atoms with E-state index >= 15 is 0 Å². The second-order valence-electron chi connectivity index (χ2n) is 3.77. The number of carbonyl (C=O) groups excluding carboxylic acids is 1. The van der Waals surface area contributed by atoms with Crippen LogP contribution >= 0.6 is 0 Å². The number of nitrogens with one attached hydrogen (secondary N) is 1. The van der Waals surface area contributed by atoms with E-state index in [4.69, 9.17) is 5.73 Å². The number of carbonyl (C=O) groups is 1. The highest BCUT2D eigenvalue weighted by atomic mass is 16.2. The molecule has 1 aromatic rings. The standard InChI is InChI=1S/C10H15N5O/c11-8-5-9(14-7-13-8)12-6-10(16)15-3-1-2-4-15/h5,7H,1-4,6H2,(H3,11,12,13,14). The Bertz CT molecular complexity index is 375. The summed E-state index contributed by atoms with van der Waals surface area (Å²) in [5, 5.41) is 2.94. The van der Waals surface area contributed by atoms with Crippen LogP contribution in [0.1, 0.15) is 12.8 Å². The Balaban J connectivity index is 1.84.